The van der Waals surface area contributed by atoms with Gasteiger partial charge in [-0.25, -0.2) is 8.78 Å². The fourth-order valence-corrected chi connectivity index (χ4v) is 3.48. The molecule has 2 aliphatic carbocycles. The average molecular weight is 286 g/mol. The van der Waals surface area contributed by atoms with Crippen molar-refractivity contribution in [3.63, 3.8) is 0 Å². The van der Waals surface area contributed by atoms with Gasteiger partial charge in [-0.1, -0.05) is 0 Å². The molecule has 0 radical (unpaired) electrons. The van der Waals surface area contributed by atoms with Crippen molar-refractivity contribution in [1.29, 1.82) is 0 Å². The number of halogens is 2. The van der Waals surface area contributed by atoms with E-state index in [-0.39, 0.29) is 11.7 Å². The van der Waals surface area contributed by atoms with Gasteiger partial charge in [0.05, 0.1) is 22.1 Å². The SMILES string of the molecule is Nc1c(C(=O)C2CC2)sc(NCC(F)F)c1C1CC1. The minimum atomic E-state index is -2.40. The van der Waals surface area contributed by atoms with Crippen LogP contribution >= 0.6 is 11.3 Å². The van der Waals surface area contributed by atoms with Crippen LogP contribution in [0.25, 0.3) is 0 Å². The maximum Gasteiger partial charge on any atom is 0.255 e. The first-order valence-electron chi connectivity index (χ1n) is 6.56. The zero-order valence-electron chi connectivity index (χ0n) is 10.4. The number of thiophene rings is 1. The van der Waals surface area contributed by atoms with Gasteiger partial charge in [-0.3, -0.25) is 4.79 Å². The average Bonchev–Trinajstić information content (AvgIpc) is 3.23. The molecule has 0 amide bonds. The number of Topliss-reactive ketones (excluding diaryl/α,β-unsaturated/α-hetero) is 1. The molecule has 3 nitrogen and oxygen atoms in total. The van der Waals surface area contributed by atoms with Crippen LogP contribution in [-0.2, 0) is 0 Å². The van der Waals surface area contributed by atoms with E-state index in [9.17, 15) is 13.6 Å². The number of nitrogens with two attached hydrogens (primary N) is 1. The predicted octanol–water partition coefficient (Wildman–Crippen LogP) is 3.48. The highest BCUT2D eigenvalue weighted by molar-refractivity contribution is 7.18. The monoisotopic (exact) mass is 286 g/mol. The summed E-state index contributed by atoms with van der Waals surface area (Å²) in [6.07, 6.45) is 1.50. The molecule has 0 aromatic carbocycles. The van der Waals surface area contributed by atoms with E-state index < -0.39 is 13.0 Å². The third-order valence-electron chi connectivity index (χ3n) is 3.56. The van der Waals surface area contributed by atoms with Crippen molar-refractivity contribution in [2.75, 3.05) is 17.6 Å². The molecular formula is C13H16F2N2OS. The lowest BCUT2D eigenvalue weighted by molar-refractivity contribution is 0.0972. The van der Waals surface area contributed by atoms with E-state index >= 15 is 0 Å². The van der Waals surface area contributed by atoms with Gasteiger partial charge in [0, 0.05) is 11.5 Å². The Hall–Kier alpha value is -1.17. The molecule has 3 N–H and O–H groups in total. The summed E-state index contributed by atoms with van der Waals surface area (Å²) in [4.78, 5) is 12.7. The summed E-state index contributed by atoms with van der Waals surface area (Å²) < 4.78 is 24.6. The Bertz CT molecular complexity index is 507. The molecule has 3 rings (SSSR count). The van der Waals surface area contributed by atoms with E-state index in [1.165, 1.54) is 11.3 Å². The van der Waals surface area contributed by atoms with E-state index in [2.05, 4.69) is 5.32 Å². The van der Waals surface area contributed by atoms with Crippen LogP contribution in [0, 0.1) is 5.92 Å². The van der Waals surface area contributed by atoms with Gasteiger partial charge in [0.1, 0.15) is 0 Å². The van der Waals surface area contributed by atoms with Crippen molar-refractivity contribution in [2.24, 2.45) is 5.92 Å². The largest absolute Gasteiger partial charge is 0.397 e. The second-order valence-electron chi connectivity index (χ2n) is 5.27. The Kier molecular flexibility index (Phi) is 3.20. The van der Waals surface area contributed by atoms with E-state index in [4.69, 9.17) is 5.73 Å². The van der Waals surface area contributed by atoms with Gasteiger partial charge < -0.3 is 11.1 Å². The van der Waals surface area contributed by atoms with Crippen LogP contribution in [0.4, 0.5) is 19.5 Å². The number of anilines is 2. The first-order valence-corrected chi connectivity index (χ1v) is 7.38. The summed E-state index contributed by atoms with van der Waals surface area (Å²) in [6, 6.07) is 0. The van der Waals surface area contributed by atoms with E-state index in [0.717, 1.165) is 31.2 Å². The lowest BCUT2D eigenvalue weighted by Crippen LogP contribution is -2.10. The van der Waals surface area contributed by atoms with Crippen LogP contribution in [0.2, 0.25) is 0 Å². The summed E-state index contributed by atoms with van der Waals surface area (Å²) >= 11 is 1.25. The smallest absolute Gasteiger partial charge is 0.255 e. The number of hydrogen-bond donors (Lipinski definition) is 2. The number of nitrogen functional groups attached to an aromatic ring is 1. The third-order valence-corrected chi connectivity index (χ3v) is 4.75. The van der Waals surface area contributed by atoms with Gasteiger partial charge in [0.25, 0.3) is 6.43 Å². The number of ketones is 1. The molecular weight excluding hydrogens is 270 g/mol. The number of carbonyl (C=O) groups excluding carboxylic acids is 1. The zero-order chi connectivity index (χ0) is 13.6. The van der Waals surface area contributed by atoms with Crippen molar-refractivity contribution in [3.05, 3.63) is 10.4 Å². The van der Waals surface area contributed by atoms with Crippen LogP contribution in [0.15, 0.2) is 0 Å². The predicted molar refractivity (Wildman–Crippen MR) is 72.3 cm³/mol. The molecule has 0 unspecified atom stereocenters. The van der Waals surface area contributed by atoms with E-state index in [0.29, 0.717) is 21.5 Å². The highest BCUT2D eigenvalue weighted by Gasteiger charge is 2.37. The quantitative estimate of drug-likeness (QED) is 0.787. The fourth-order valence-electron chi connectivity index (χ4n) is 2.25. The number of alkyl halides is 2. The number of rotatable bonds is 6. The summed E-state index contributed by atoms with van der Waals surface area (Å²) in [5, 5.41) is 3.42. The molecule has 0 aliphatic heterocycles. The molecule has 0 spiro atoms. The van der Waals surface area contributed by atoms with Gasteiger partial charge in [-0.2, -0.15) is 0 Å². The minimum Gasteiger partial charge on any atom is -0.397 e. The van der Waals surface area contributed by atoms with Crippen LogP contribution in [-0.4, -0.2) is 18.8 Å². The molecule has 2 aliphatic rings. The summed E-state index contributed by atoms with van der Waals surface area (Å²) in [5.41, 5.74) is 7.51. The van der Waals surface area contributed by atoms with Crippen molar-refractivity contribution in [2.45, 2.75) is 38.0 Å². The molecule has 1 aromatic rings. The first kappa shape index (κ1) is 12.8. The molecule has 6 heteroatoms. The molecule has 0 bridgehead atoms. The van der Waals surface area contributed by atoms with Gasteiger partial charge in [0.2, 0.25) is 0 Å². The van der Waals surface area contributed by atoms with Gasteiger partial charge in [0.15, 0.2) is 5.78 Å². The third kappa shape index (κ3) is 2.59. The van der Waals surface area contributed by atoms with Crippen LogP contribution in [0.3, 0.4) is 0 Å². The van der Waals surface area contributed by atoms with Gasteiger partial charge >= 0.3 is 0 Å². The second kappa shape index (κ2) is 4.74. The molecule has 104 valence electrons. The number of hydrogen-bond acceptors (Lipinski definition) is 4. The van der Waals surface area contributed by atoms with Crippen LogP contribution in [0.5, 0.6) is 0 Å². The molecule has 19 heavy (non-hydrogen) atoms. The summed E-state index contributed by atoms with van der Waals surface area (Å²) in [7, 11) is 0. The topological polar surface area (TPSA) is 55.1 Å². The maximum absolute atomic E-state index is 12.3. The molecule has 2 fully saturated rings. The lowest BCUT2D eigenvalue weighted by Gasteiger charge is -2.06. The Labute approximate surface area is 114 Å². The minimum absolute atomic E-state index is 0.0921. The Morgan fingerprint density at radius 1 is 1.37 bits per heavy atom. The van der Waals surface area contributed by atoms with Crippen LogP contribution < -0.4 is 11.1 Å². The maximum atomic E-state index is 12.3. The number of carbonyl (C=O) groups is 1. The Balaban J connectivity index is 1.88. The van der Waals surface area contributed by atoms with Crippen molar-refractivity contribution in [1.82, 2.24) is 0 Å². The molecule has 2 saturated carbocycles. The van der Waals surface area contributed by atoms with Crippen molar-refractivity contribution >= 4 is 27.8 Å². The summed E-state index contributed by atoms with van der Waals surface area (Å²) in [5.74, 6) is 0.544. The number of nitrogens with one attached hydrogen (secondary N) is 1. The Morgan fingerprint density at radius 2 is 2.05 bits per heavy atom. The normalized spacial score (nSPS) is 18.9. The first-order chi connectivity index (χ1) is 9.08. The van der Waals surface area contributed by atoms with Crippen molar-refractivity contribution < 1.29 is 13.6 Å². The van der Waals surface area contributed by atoms with Crippen molar-refractivity contribution in [3.8, 4) is 0 Å². The van der Waals surface area contributed by atoms with Gasteiger partial charge in [-0.05, 0) is 31.6 Å². The highest BCUT2D eigenvalue weighted by atomic mass is 32.1. The summed E-state index contributed by atoms with van der Waals surface area (Å²) in [6.45, 7) is -0.392. The second-order valence-corrected chi connectivity index (χ2v) is 6.29. The Morgan fingerprint density at radius 3 is 2.58 bits per heavy atom. The lowest BCUT2D eigenvalue weighted by atomic mass is 10.1. The molecule has 0 saturated heterocycles. The standard InChI is InChI=1S/C13H16F2N2OS/c14-8(15)5-17-13-9(6-1-2-6)10(16)12(19-13)11(18)7-3-4-7/h6-8,17H,1-5,16H2. The fraction of sp³-hybridized carbons (Fsp3) is 0.615. The highest BCUT2D eigenvalue weighted by Crippen LogP contribution is 2.52. The molecule has 0 atom stereocenters. The molecule has 1 aromatic heterocycles. The zero-order valence-corrected chi connectivity index (χ0v) is 11.2. The van der Waals surface area contributed by atoms with E-state index in [1.807, 2.05) is 0 Å². The van der Waals surface area contributed by atoms with Gasteiger partial charge in [-0.15, -0.1) is 11.3 Å². The molecule has 1 heterocycles. The van der Waals surface area contributed by atoms with E-state index in [1.54, 1.807) is 0 Å². The van der Waals surface area contributed by atoms with Crippen LogP contribution in [0.1, 0.15) is 46.8 Å².